The first-order valence-corrected chi connectivity index (χ1v) is 6.96. The number of morpholine rings is 1. The fraction of sp³-hybridized carbons (Fsp3) is 0.769. The van der Waals surface area contributed by atoms with Crippen molar-refractivity contribution in [2.45, 2.75) is 45.9 Å². The Morgan fingerprint density at radius 1 is 1.50 bits per heavy atom. The number of nitrogens with zero attached hydrogens (tertiary/aromatic N) is 3. The van der Waals surface area contributed by atoms with Gasteiger partial charge < -0.3 is 10.1 Å². The van der Waals surface area contributed by atoms with Crippen molar-refractivity contribution in [1.82, 2.24) is 20.5 Å². The minimum atomic E-state index is -0.0392. The van der Waals surface area contributed by atoms with Crippen LogP contribution in [-0.4, -0.2) is 53.0 Å². The third-order valence-electron chi connectivity index (χ3n) is 3.51. The summed E-state index contributed by atoms with van der Waals surface area (Å²) in [6.07, 6.45) is 0.329. The molecule has 2 heterocycles. The smallest absolute Gasteiger partial charge is 0.222 e. The summed E-state index contributed by atoms with van der Waals surface area (Å²) in [5, 5.41) is 10.2. The van der Waals surface area contributed by atoms with Crippen molar-refractivity contribution in [3.8, 4) is 0 Å². The number of carbonyl (C=O) groups excluding carboxylic acids is 1. The number of nitrogens with one attached hydrogen (secondary N) is 1. The lowest BCUT2D eigenvalue weighted by Crippen LogP contribution is -2.47. The largest absolute Gasteiger partial charge is 0.375 e. The molecule has 0 bridgehead atoms. The normalized spacial score (nSPS) is 20.3. The molecule has 1 amide bonds. The summed E-state index contributed by atoms with van der Waals surface area (Å²) < 4.78 is 10.2. The first-order chi connectivity index (χ1) is 9.56. The Bertz CT molecular complexity index is 447. The lowest BCUT2D eigenvalue weighted by atomic mass is 10.1. The number of ether oxygens (including phenoxy) is 1. The van der Waals surface area contributed by atoms with E-state index in [0.29, 0.717) is 37.0 Å². The van der Waals surface area contributed by atoms with Gasteiger partial charge in [0.1, 0.15) is 11.4 Å². The number of hydrogen-bond acceptors (Lipinski definition) is 6. The fourth-order valence-corrected chi connectivity index (χ4v) is 2.21. The molecule has 0 radical (unpaired) electrons. The third kappa shape index (κ3) is 4.01. The maximum absolute atomic E-state index is 11.9. The molecular formula is C13H22N4O3. The molecule has 0 saturated carbocycles. The average molecular weight is 282 g/mol. The summed E-state index contributed by atoms with van der Waals surface area (Å²) in [6.45, 7) is 8.86. The van der Waals surface area contributed by atoms with Gasteiger partial charge in [0.15, 0.2) is 0 Å². The van der Waals surface area contributed by atoms with E-state index >= 15 is 0 Å². The first-order valence-electron chi connectivity index (χ1n) is 6.96. The van der Waals surface area contributed by atoms with Crippen LogP contribution in [0.4, 0.5) is 0 Å². The lowest BCUT2D eigenvalue weighted by molar-refractivity contribution is -0.126. The van der Waals surface area contributed by atoms with Crippen molar-refractivity contribution < 1.29 is 14.2 Å². The van der Waals surface area contributed by atoms with Gasteiger partial charge in [-0.1, -0.05) is 10.3 Å². The second kappa shape index (κ2) is 6.81. The molecule has 112 valence electrons. The van der Waals surface area contributed by atoms with Gasteiger partial charge in [0.25, 0.3) is 0 Å². The topological polar surface area (TPSA) is 80.5 Å². The summed E-state index contributed by atoms with van der Waals surface area (Å²) in [5.41, 5.74) is 1.36. The van der Waals surface area contributed by atoms with Gasteiger partial charge in [-0.25, -0.2) is 4.63 Å². The molecule has 7 heteroatoms. The highest BCUT2D eigenvalue weighted by Crippen LogP contribution is 2.11. The van der Waals surface area contributed by atoms with E-state index in [4.69, 9.17) is 4.74 Å². The van der Waals surface area contributed by atoms with E-state index < -0.39 is 0 Å². The van der Waals surface area contributed by atoms with Gasteiger partial charge in [-0.05, 0) is 20.8 Å². The number of aromatic nitrogens is 2. The monoisotopic (exact) mass is 282 g/mol. The van der Waals surface area contributed by atoms with Crippen LogP contribution in [-0.2, 0) is 16.1 Å². The molecule has 7 nitrogen and oxygen atoms in total. The molecule has 1 aromatic rings. The van der Waals surface area contributed by atoms with Gasteiger partial charge in [-0.2, -0.15) is 0 Å². The zero-order valence-corrected chi connectivity index (χ0v) is 12.3. The minimum Gasteiger partial charge on any atom is -0.375 e. The van der Waals surface area contributed by atoms with Gasteiger partial charge in [-0.3, -0.25) is 9.69 Å². The summed E-state index contributed by atoms with van der Waals surface area (Å²) in [6, 6.07) is 0.480. The van der Waals surface area contributed by atoms with Crippen molar-refractivity contribution in [2.75, 3.05) is 19.7 Å². The van der Waals surface area contributed by atoms with E-state index in [1.54, 1.807) is 6.92 Å². The molecule has 1 N–H and O–H groups in total. The van der Waals surface area contributed by atoms with E-state index in [0.717, 1.165) is 13.1 Å². The van der Waals surface area contributed by atoms with E-state index in [-0.39, 0.29) is 12.0 Å². The maximum Gasteiger partial charge on any atom is 0.222 e. The number of aryl methyl sites for hydroxylation is 1. The van der Waals surface area contributed by atoms with Crippen molar-refractivity contribution >= 4 is 5.91 Å². The highest BCUT2D eigenvalue weighted by atomic mass is 16.6. The van der Waals surface area contributed by atoms with E-state index in [2.05, 4.69) is 39.0 Å². The average Bonchev–Trinajstić information content (AvgIpc) is 2.82. The first kappa shape index (κ1) is 14.9. The molecule has 1 saturated heterocycles. The molecule has 0 spiro atoms. The molecule has 1 atom stereocenters. The van der Waals surface area contributed by atoms with Crippen molar-refractivity contribution in [2.24, 2.45) is 0 Å². The summed E-state index contributed by atoms with van der Waals surface area (Å²) in [5.74, 6) is -0.0389. The summed E-state index contributed by atoms with van der Waals surface area (Å²) >= 11 is 0. The van der Waals surface area contributed by atoms with Gasteiger partial charge >= 0.3 is 0 Å². The zero-order valence-electron chi connectivity index (χ0n) is 12.3. The number of rotatable bonds is 5. The Balaban J connectivity index is 1.75. The van der Waals surface area contributed by atoms with Crippen molar-refractivity contribution in [3.05, 3.63) is 11.4 Å². The Morgan fingerprint density at radius 3 is 2.95 bits per heavy atom. The molecule has 1 aliphatic rings. The Morgan fingerprint density at radius 2 is 2.30 bits per heavy atom. The van der Waals surface area contributed by atoms with Crippen LogP contribution in [0.15, 0.2) is 4.63 Å². The lowest BCUT2D eigenvalue weighted by Gasteiger charge is -2.35. The molecule has 2 rings (SSSR count). The Labute approximate surface area is 118 Å². The quantitative estimate of drug-likeness (QED) is 0.846. The Kier molecular flexibility index (Phi) is 5.08. The molecule has 0 unspecified atom stereocenters. The summed E-state index contributed by atoms with van der Waals surface area (Å²) in [7, 11) is 0. The van der Waals surface area contributed by atoms with Gasteiger partial charge in [0.05, 0.1) is 25.7 Å². The highest BCUT2D eigenvalue weighted by Gasteiger charge is 2.24. The van der Waals surface area contributed by atoms with Gasteiger partial charge in [0, 0.05) is 19.1 Å². The Hall–Kier alpha value is -1.47. The fourth-order valence-electron chi connectivity index (χ4n) is 2.21. The van der Waals surface area contributed by atoms with Crippen LogP contribution >= 0.6 is 0 Å². The van der Waals surface area contributed by atoms with E-state index in [1.807, 2.05) is 0 Å². The molecule has 1 aliphatic heterocycles. The molecule has 0 aromatic carbocycles. The van der Waals surface area contributed by atoms with Crippen LogP contribution in [0.2, 0.25) is 0 Å². The summed E-state index contributed by atoms with van der Waals surface area (Å²) in [4.78, 5) is 14.2. The SMILES string of the molecule is Cc1nonc1CNC(=O)C[C@H]1CN(C(C)C)CCO1. The third-order valence-corrected chi connectivity index (χ3v) is 3.51. The zero-order chi connectivity index (χ0) is 14.5. The molecule has 1 fully saturated rings. The van der Waals surface area contributed by atoms with Crippen molar-refractivity contribution in [3.63, 3.8) is 0 Å². The maximum atomic E-state index is 11.9. The molecular weight excluding hydrogens is 260 g/mol. The highest BCUT2D eigenvalue weighted by molar-refractivity contribution is 5.76. The molecule has 0 aliphatic carbocycles. The van der Waals surface area contributed by atoms with Crippen LogP contribution in [0, 0.1) is 6.92 Å². The van der Waals surface area contributed by atoms with Crippen LogP contribution < -0.4 is 5.32 Å². The predicted octanol–water partition coefficient (Wildman–Crippen LogP) is 0.494. The van der Waals surface area contributed by atoms with Gasteiger partial charge in [0.2, 0.25) is 5.91 Å². The standard InChI is InChI=1S/C13H22N4O3/c1-9(2)17-4-5-19-11(8-17)6-13(18)14-7-12-10(3)15-20-16-12/h9,11H,4-8H2,1-3H3,(H,14,18)/t11-/m0/s1. The number of amides is 1. The van der Waals surface area contributed by atoms with Crippen LogP contribution in [0.3, 0.4) is 0 Å². The van der Waals surface area contributed by atoms with E-state index in [9.17, 15) is 4.79 Å². The van der Waals surface area contributed by atoms with Crippen LogP contribution in [0.5, 0.6) is 0 Å². The number of hydrogen-bond donors (Lipinski definition) is 1. The van der Waals surface area contributed by atoms with Crippen molar-refractivity contribution in [1.29, 1.82) is 0 Å². The minimum absolute atomic E-state index is 0.0389. The predicted molar refractivity (Wildman–Crippen MR) is 71.9 cm³/mol. The second-order valence-electron chi connectivity index (χ2n) is 5.36. The van der Waals surface area contributed by atoms with Gasteiger partial charge in [-0.15, -0.1) is 0 Å². The molecule has 20 heavy (non-hydrogen) atoms. The van der Waals surface area contributed by atoms with Crippen LogP contribution in [0.25, 0.3) is 0 Å². The second-order valence-corrected chi connectivity index (χ2v) is 5.36. The number of carbonyl (C=O) groups is 1. The van der Waals surface area contributed by atoms with E-state index in [1.165, 1.54) is 0 Å². The molecule has 1 aromatic heterocycles. The van der Waals surface area contributed by atoms with Crippen LogP contribution in [0.1, 0.15) is 31.7 Å².